The van der Waals surface area contributed by atoms with Gasteiger partial charge in [0.1, 0.15) is 5.92 Å². The Kier molecular flexibility index (Phi) is 5.43. The zero-order valence-electron chi connectivity index (χ0n) is 11.0. The maximum atomic E-state index is 11.9. The van der Waals surface area contributed by atoms with Crippen LogP contribution < -0.4 is 0 Å². The number of amides is 1. The molecule has 0 N–H and O–H groups in total. The number of hydrogen-bond donors (Lipinski definition) is 0. The van der Waals surface area contributed by atoms with Gasteiger partial charge >= 0.3 is 0 Å². The van der Waals surface area contributed by atoms with Crippen molar-refractivity contribution in [3.05, 3.63) is 0 Å². The molecule has 1 rings (SSSR count). The fourth-order valence-corrected chi connectivity index (χ4v) is 1.57. The summed E-state index contributed by atoms with van der Waals surface area (Å²) in [5, 5.41) is 8.94. The summed E-state index contributed by atoms with van der Waals surface area (Å²) >= 11 is 0. The summed E-state index contributed by atoms with van der Waals surface area (Å²) in [4.78, 5) is 13.5. The fourth-order valence-electron chi connectivity index (χ4n) is 1.57. The van der Waals surface area contributed by atoms with E-state index in [-0.39, 0.29) is 11.8 Å². The summed E-state index contributed by atoms with van der Waals surface area (Å²) in [5.74, 6) is 0.168. The van der Waals surface area contributed by atoms with E-state index in [1.807, 2.05) is 13.8 Å². The van der Waals surface area contributed by atoms with Gasteiger partial charge in [0.05, 0.1) is 12.7 Å². The molecule has 1 unspecified atom stereocenters. The molecule has 0 heterocycles. The van der Waals surface area contributed by atoms with Gasteiger partial charge in [-0.15, -0.1) is 0 Å². The average Bonchev–Trinajstić information content (AvgIpc) is 3.08. The molecule has 96 valence electrons. The molecule has 0 aromatic rings. The fraction of sp³-hybridized carbons (Fsp3) is 0.846. The Balaban J connectivity index is 2.22. The van der Waals surface area contributed by atoms with Crippen LogP contribution in [0.4, 0.5) is 0 Å². The van der Waals surface area contributed by atoms with Crippen LogP contribution >= 0.6 is 0 Å². The van der Waals surface area contributed by atoms with Crippen LogP contribution in [0.5, 0.6) is 0 Å². The van der Waals surface area contributed by atoms with Crippen LogP contribution in [0.15, 0.2) is 0 Å². The molecule has 1 amide bonds. The van der Waals surface area contributed by atoms with Crippen molar-refractivity contribution in [3.63, 3.8) is 0 Å². The van der Waals surface area contributed by atoms with Crippen LogP contribution in [-0.2, 0) is 9.53 Å². The van der Waals surface area contributed by atoms with Crippen LogP contribution in [0.1, 0.15) is 26.7 Å². The second-order valence-electron chi connectivity index (χ2n) is 5.13. The Morgan fingerprint density at radius 3 is 2.65 bits per heavy atom. The topological polar surface area (TPSA) is 53.3 Å². The summed E-state index contributed by atoms with van der Waals surface area (Å²) in [7, 11) is 1.73. The van der Waals surface area contributed by atoms with Crippen molar-refractivity contribution in [2.24, 2.45) is 17.8 Å². The van der Waals surface area contributed by atoms with E-state index >= 15 is 0 Å². The van der Waals surface area contributed by atoms with Gasteiger partial charge in [-0.05, 0) is 24.7 Å². The van der Waals surface area contributed by atoms with Crippen molar-refractivity contribution in [2.45, 2.75) is 26.7 Å². The van der Waals surface area contributed by atoms with Crippen molar-refractivity contribution >= 4 is 5.91 Å². The molecular formula is C13H22N2O2. The van der Waals surface area contributed by atoms with E-state index in [2.05, 4.69) is 6.07 Å². The SMILES string of the molecule is CC(C)C(C#N)C(=O)N(C)CCOCC1CC1. The van der Waals surface area contributed by atoms with E-state index in [4.69, 9.17) is 10.00 Å². The van der Waals surface area contributed by atoms with E-state index in [1.165, 1.54) is 12.8 Å². The van der Waals surface area contributed by atoms with Gasteiger partial charge in [0.25, 0.3) is 0 Å². The summed E-state index contributed by atoms with van der Waals surface area (Å²) in [6.07, 6.45) is 2.55. The van der Waals surface area contributed by atoms with Crippen LogP contribution in [0.3, 0.4) is 0 Å². The van der Waals surface area contributed by atoms with E-state index in [1.54, 1.807) is 11.9 Å². The normalized spacial score (nSPS) is 16.6. The molecule has 1 atom stereocenters. The van der Waals surface area contributed by atoms with Gasteiger partial charge in [0, 0.05) is 20.2 Å². The van der Waals surface area contributed by atoms with Crippen LogP contribution in [-0.4, -0.2) is 37.6 Å². The number of carbonyl (C=O) groups is 1. The maximum Gasteiger partial charge on any atom is 0.240 e. The highest BCUT2D eigenvalue weighted by Crippen LogP contribution is 2.28. The third kappa shape index (κ3) is 4.74. The van der Waals surface area contributed by atoms with Crippen molar-refractivity contribution in [1.82, 2.24) is 4.90 Å². The third-order valence-electron chi connectivity index (χ3n) is 3.07. The summed E-state index contributed by atoms with van der Waals surface area (Å²) in [6, 6.07) is 2.07. The quantitative estimate of drug-likeness (QED) is 0.634. The van der Waals surface area contributed by atoms with E-state index in [0.717, 1.165) is 12.5 Å². The lowest BCUT2D eigenvalue weighted by Gasteiger charge is -2.21. The zero-order valence-corrected chi connectivity index (χ0v) is 11.0. The third-order valence-corrected chi connectivity index (χ3v) is 3.07. The minimum Gasteiger partial charge on any atom is -0.379 e. The molecule has 4 heteroatoms. The Morgan fingerprint density at radius 2 is 2.18 bits per heavy atom. The zero-order chi connectivity index (χ0) is 12.8. The van der Waals surface area contributed by atoms with Gasteiger partial charge in [-0.25, -0.2) is 0 Å². The highest BCUT2D eigenvalue weighted by atomic mass is 16.5. The molecule has 1 aliphatic carbocycles. The number of nitrogens with zero attached hydrogens (tertiary/aromatic N) is 2. The van der Waals surface area contributed by atoms with Crippen molar-refractivity contribution in [2.75, 3.05) is 26.8 Å². The molecule has 17 heavy (non-hydrogen) atoms. The van der Waals surface area contributed by atoms with Gasteiger partial charge < -0.3 is 9.64 Å². The Bertz CT molecular complexity index is 292. The predicted molar refractivity (Wildman–Crippen MR) is 65.1 cm³/mol. The number of hydrogen-bond acceptors (Lipinski definition) is 3. The molecule has 0 aromatic carbocycles. The Hall–Kier alpha value is -1.08. The maximum absolute atomic E-state index is 11.9. The summed E-state index contributed by atoms with van der Waals surface area (Å²) < 4.78 is 5.48. The molecule has 4 nitrogen and oxygen atoms in total. The first-order valence-corrected chi connectivity index (χ1v) is 6.28. The lowest BCUT2D eigenvalue weighted by Crippen LogP contribution is -2.36. The number of nitriles is 1. The predicted octanol–water partition coefficient (Wildman–Crippen LogP) is 1.67. The second-order valence-corrected chi connectivity index (χ2v) is 5.13. The Labute approximate surface area is 104 Å². The summed E-state index contributed by atoms with van der Waals surface area (Å²) in [6.45, 7) is 5.73. The number of ether oxygens (including phenoxy) is 1. The van der Waals surface area contributed by atoms with Gasteiger partial charge in [0.2, 0.25) is 5.91 Å². The number of likely N-dealkylation sites (N-methyl/N-ethyl adjacent to an activating group) is 1. The van der Waals surface area contributed by atoms with Gasteiger partial charge in [0.15, 0.2) is 0 Å². The number of rotatable bonds is 7. The average molecular weight is 238 g/mol. The van der Waals surface area contributed by atoms with Crippen LogP contribution in [0.25, 0.3) is 0 Å². The largest absolute Gasteiger partial charge is 0.379 e. The molecule has 0 spiro atoms. The van der Waals surface area contributed by atoms with Gasteiger partial charge in [-0.3, -0.25) is 4.79 Å². The lowest BCUT2D eigenvalue weighted by atomic mass is 9.96. The molecule has 1 saturated carbocycles. The Morgan fingerprint density at radius 1 is 1.53 bits per heavy atom. The minimum absolute atomic E-state index is 0.0577. The van der Waals surface area contributed by atoms with Gasteiger partial charge in [-0.1, -0.05) is 13.8 Å². The second kappa shape index (κ2) is 6.61. The first-order valence-electron chi connectivity index (χ1n) is 6.28. The van der Waals surface area contributed by atoms with Crippen molar-refractivity contribution < 1.29 is 9.53 Å². The van der Waals surface area contributed by atoms with Gasteiger partial charge in [-0.2, -0.15) is 5.26 Å². The molecule has 0 bridgehead atoms. The molecule has 1 fully saturated rings. The number of carbonyl (C=O) groups excluding carboxylic acids is 1. The monoisotopic (exact) mass is 238 g/mol. The first kappa shape index (κ1) is 14.0. The van der Waals surface area contributed by atoms with Crippen LogP contribution in [0.2, 0.25) is 0 Å². The first-order chi connectivity index (χ1) is 8.06. The standard InChI is InChI=1S/C13H22N2O2/c1-10(2)12(8-14)13(16)15(3)6-7-17-9-11-4-5-11/h10-12H,4-7,9H2,1-3H3. The van der Waals surface area contributed by atoms with E-state index in [0.29, 0.717) is 13.2 Å². The highest BCUT2D eigenvalue weighted by molar-refractivity contribution is 5.81. The molecule has 0 saturated heterocycles. The molecule has 0 radical (unpaired) electrons. The lowest BCUT2D eigenvalue weighted by molar-refractivity contribution is -0.134. The molecule has 0 aliphatic heterocycles. The van der Waals surface area contributed by atoms with Crippen molar-refractivity contribution in [1.29, 1.82) is 5.26 Å². The van der Waals surface area contributed by atoms with E-state index < -0.39 is 5.92 Å². The smallest absolute Gasteiger partial charge is 0.240 e. The highest BCUT2D eigenvalue weighted by Gasteiger charge is 2.25. The molecular weight excluding hydrogens is 216 g/mol. The van der Waals surface area contributed by atoms with Crippen LogP contribution in [0, 0.1) is 29.1 Å². The molecule has 0 aromatic heterocycles. The summed E-state index contributed by atoms with van der Waals surface area (Å²) in [5.41, 5.74) is 0. The molecule has 1 aliphatic rings. The minimum atomic E-state index is -0.538. The van der Waals surface area contributed by atoms with E-state index in [9.17, 15) is 4.79 Å². The van der Waals surface area contributed by atoms with Crippen molar-refractivity contribution in [3.8, 4) is 6.07 Å².